The number of nitrogens with zero attached hydrogens (tertiary/aromatic N) is 2. The predicted octanol–water partition coefficient (Wildman–Crippen LogP) is 2.37. The molecule has 1 fully saturated rings. The first-order valence-corrected chi connectivity index (χ1v) is 9.08. The fourth-order valence-electron chi connectivity index (χ4n) is 3.26. The van der Waals surface area contributed by atoms with Crippen LogP contribution in [0.3, 0.4) is 0 Å². The Morgan fingerprint density at radius 2 is 2.04 bits per heavy atom. The summed E-state index contributed by atoms with van der Waals surface area (Å²) in [4.78, 5) is 0. The number of nitrogens with one attached hydrogen (secondary N) is 2. The van der Waals surface area contributed by atoms with Crippen LogP contribution in [-0.4, -0.2) is 34.0 Å². The van der Waals surface area contributed by atoms with Gasteiger partial charge in [0.15, 0.2) is 5.82 Å². The van der Waals surface area contributed by atoms with E-state index in [9.17, 15) is 5.11 Å². The molecular formula is C19H28N6O. The first kappa shape index (κ1) is 18.1. The van der Waals surface area contributed by atoms with Gasteiger partial charge in [-0.05, 0) is 58.0 Å². The molecule has 1 saturated heterocycles. The van der Waals surface area contributed by atoms with Crippen LogP contribution < -0.4 is 22.1 Å². The Balaban J connectivity index is 2.04. The van der Waals surface area contributed by atoms with Crippen LogP contribution in [0.4, 0.5) is 11.5 Å². The summed E-state index contributed by atoms with van der Waals surface area (Å²) in [7, 11) is 0. The fraction of sp³-hybridized carbons (Fsp3) is 0.421. The van der Waals surface area contributed by atoms with Gasteiger partial charge in [0.25, 0.3) is 0 Å². The number of nitrogens with two attached hydrogens (primary N) is 2. The zero-order chi connectivity index (χ0) is 18.7. The number of phenolic OH excluding ortho intramolecular Hbond substituents is 1. The number of hydrogen-bond acceptors (Lipinski definition) is 6. The maximum absolute atomic E-state index is 10.1. The van der Waals surface area contributed by atoms with Gasteiger partial charge in [0.05, 0.1) is 11.7 Å². The molecule has 140 valence electrons. The lowest BCUT2D eigenvalue weighted by Crippen LogP contribution is -2.30. The lowest BCUT2D eigenvalue weighted by atomic mass is 10.1. The van der Waals surface area contributed by atoms with Crippen LogP contribution in [0.1, 0.15) is 44.0 Å². The predicted molar refractivity (Wildman–Crippen MR) is 107 cm³/mol. The molecule has 7 heteroatoms. The summed E-state index contributed by atoms with van der Waals surface area (Å²) in [5.41, 5.74) is 15.1. The maximum Gasteiger partial charge on any atom is 0.172 e. The molecule has 2 heterocycles. The highest BCUT2D eigenvalue weighted by Gasteiger charge is 2.23. The fourth-order valence-corrected chi connectivity index (χ4v) is 3.26. The van der Waals surface area contributed by atoms with Crippen molar-refractivity contribution < 1.29 is 5.11 Å². The molecular weight excluding hydrogens is 328 g/mol. The van der Waals surface area contributed by atoms with E-state index in [1.807, 2.05) is 16.8 Å². The van der Waals surface area contributed by atoms with E-state index in [1.54, 1.807) is 18.2 Å². The Hall–Kier alpha value is -2.67. The van der Waals surface area contributed by atoms with Gasteiger partial charge in [-0.1, -0.05) is 12.1 Å². The number of anilines is 2. The van der Waals surface area contributed by atoms with Crippen LogP contribution in [0.5, 0.6) is 5.75 Å². The summed E-state index contributed by atoms with van der Waals surface area (Å²) in [5.74, 6) is 0.822. The minimum Gasteiger partial charge on any atom is -0.507 e. The molecule has 1 aromatic heterocycles. The molecule has 26 heavy (non-hydrogen) atoms. The number of nitrogen functional groups attached to an aromatic ring is 1. The van der Waals surface area contributed by atoms with E-state index in [1.165, 1.54) is 0 Å². The molecule has 0 saturated carbocycles. The van der Waals surface area contributed by atoms with Crippen LogP contribution in [0.25, 0.3) is 11.8 Å². The molecule has 0 bridgehead atoms. The van der Waals surface area contributed by atoms with Gasteiger partial charge in [-0.25, -0.2) is 0 Å². The van der Waals surface area contributed by atoms with Crippen molar-refractivity contribution in [2.24, 2.45) is 5.73 Å². The third-order valence-corrected chi connectivity index (χ3v) is 4.57. The summed E-state index contributed by atoms with van der Waals surface area (Å²) in [6.07, 6.45) is 3.78. The zero-order valence-electron chi connectivity index (χ0n) is 15.4. The van der Waals surface area contributed by atoms with Crippen molar-refractivity contribution in [3.05, 3.63) is 35.5 Å². The minimum atomic E-state index is 0.147. The standard InChI is InChI=1S/C19H28N6O/c1-12(2)23-19-18(21)16(25(24-19)13-7-9-22-10-8-13)11-15(20)14-5-3-4-6-17(14)26/h3-6,11-13,22,26H,7-10,20-21H2,1-2H3,(H,23,24)/b15-11-. The van der Waals surface area contributed by atoms with E-state index < -0.39 is 0 Å². The van der Waals surface area contributed by atoms with Gasteiger partial charge in [-0.2, -0.15) is 5.10 Å². The van der Waals surface area contributed by atoms with Crippen LogP contribution in [-0.2, 0) is 0 Å². The first-order valence-electron chi connectivity index (χ1n) is 9.08. The Morgan fingerprint density at radius 3 is 2.69 bits per heavy atom. The molecule has 0 unspecified atom stereocenters. The molecule has 3 rings (SSSR count). The number of benzene rings is 1. The zero-order valence-corrected chi connectivity index (χ0v) is 15.4. The van der Waals surface area contributed by atoms with E-state index in [-0.39, 0.29) is 17.8 Å². The molecule has 1 aliphatic rings. The third-order valence-electron chi connectivity index (χ3n) is 4.57. The number of aromatic nitrogens is 2. The minimum absolute atomic E-state index is 0.147. The number of aromatic hydroxyl groups is 1. The molecule has 7 nitrogen and oxygen atoms in total. The highest BCUT2D eigenvalue weighted by atomic mass is 16.3. The molecule has 7 N–H and O–H groups in total. The van der Waals surface area contributed by atoms with E-state index in [0.717, 1.165) is 31.6 Å². The summed E-state index contributed by atoms with van der Waals surface area (Å²) in [6, 6.07) is 7.51. The van der Waals surface area contributed by atoms with E-state index in [4.69, 9.17) is 16.6 Å². The monoisotopic (exact) mass is 356 g/mol. The van der Waals surface area contributed by atoms with E-state index >= 15 is 0 Å². The van der Waals surface area contributed by atoms with Crippen molar-refractivity contribution in [3.63, 3.8) is 0 Å². The quantitative estimate of drug-likeness (QED) is 0.562. The van der Waals surface area contributed by atoms with Gasteiger partial charge < -0.3 is 27.2 Å². The molecule has 0 aliphatic carbocycles. The molecule has 1 aliphatic heterocycles. The number of hydrogen-bond donors (Lipinski definition) is 5. The van der Waals surface area contributed by atoms with Crippen molar-refractivity contribution in [2.45, 2.75) is 38.8 Å². The van der Waals surface area contributed by atoms with Gasteiger partial charge >= 0.3 is 0 Å². The second-order valence-electron chi connectivity index (χ2n) is 6.99. The summed E-state index contributed by atoms with van der Waals surface area (Å²) >= 11 is 0. The van der Waals surface area contributed by atoms with Gasteiger partial charge in [0.2, 0.25) is 0 Å². The van der Waals surface area contributed by atoms with Crippen LogP contribution in [0, 0.1) is 0 Å². The highest BCUT2D eigenvalue weighted by Crippen LogP contribution is 2.32. The third kappa shape index (κ3) is 3.77. The summed E-state index contributed by atoms with van der Waals surface area (Å²) in [5, 5.41) is 21.5. The van der Waals surface area contributed by atoms with E-state index in [2.05, 4.69) is 24.5 Å². The second kappa shape index (κ2) is 7.70. The molecule has 0 amide bonds. The Kier molecular flexibility index (Phi) is 5.37. The summed E-state index contributed by atoms with van der Waals surface area (Å²) < 4.78 is 1.98. The Morgan fingerprint density at radius 1 is 1.35 bits per heavy atom. The number of para-hydroxylation sites is 1. The van der Waals surface area contributed by atoms with Crippen molar-refractivity contribution in [2.75, 3.05) is 24.1 Å². The Bertz CT molecular complexity index is 789. The Labute approximate surface area is 154 Å². The van der Waals surface area contributed by atoms with Gasteiger partial charge in [0, 0.05) is 17.3 Å². The largest absolute Gasteiger partial charge is 0.507 e. The average molecular weight is 356 g/mol. The van der Waals surface area contributed by atoms with Crippen LogP contribution >= 0.6 is 0 Å². The van der Waals surface area contributed by atoms with Crippen LogP contribution in [0.15, 0.2) is 24.3 Å². The normalized spacial score (nSPS) is 16.2. The molecule has 0 radical (unpaired) electrons. The van der Waals surface area contributed by atoms with Gasteiger partial charge in [-0.3, -0.25) is 4.68 Å². The molecule has 1 aromatic carbocycles. The van der Waals surface area contributed by atoms with E-state index in [0.29, 0.717) is 22.8 Å². The van der Waals surface area contributed by atoms with Crippen molar-refractivity contribution in [1.82, 2.24) is 15.1 Å². The average Bonchev–Trinajstić information content (AvgIpc) is 2.92. The molecule has 2 aromatic rings. The molecule has 0 atom stereocenters. The maximum atomic E-state index is 10.1. The van der Waals surface area contributed by atoms with Crippen molar-refractivity contribution in [3.8, 4) is 5.75 Å². The highest BCUT2D eigenvalue weighted by molar-refractivity contribution is 5.86. The molecule has 0 spiro atoms. The van der Waals surface area contributed by atoms with Gasteiger partial charge in [-0.15, -0.1) is 0 Å². The first-order chi connectivity index (χ1) is 12.5. The van der Waals surface area contributed by atoms with Crippen LogP contribution in [0.2, 0.25) is 0 Å². The lowest BCUT2D eigenvalue weighted by Gasteiger charge is -2.24. The number of piperidine rings is 1. The smallest absolute Gasteiger partial charge is 0.172 e. The second-order valence-corrected chi connectivity index (χ2v) is 6.99. The number of rotatable bonds is 5. The SMILES string of the molecule is CC(C)Nc1nn(C2CCNCC2)c(/C=C(\N)c2ccccc2O)c1N. The topological polar surface area (TPSA) is 114 Å². The lowest BCUT2D eigenvalue weighted by molar-refractivity contribution is 0.342. The summed E-state index contributed by atoms with van der Waals surface area (Å²) in [6.45, 7) is 6.01. The van der Waals surface area contributed by atoms with Crippen molar-refractivity contribution >= 4 is 23.3 Å². The van der Waals surface area contributed by atoms with Gasteiger partial charge in [0.1, 0.15) is 11.4 Å². The number of phenols is 1. The van der Waals surface area contributed by atoms with Crippen molar-refractivity contribution in [1.29, 1.82) is 0 Å².